The summed E-state index contributed by atoms with van der Waals surface area (Å²) in [6, 6.07) is 0. The topological polar surface area (TPSA) is 210 Å². The van der Waals surface area contributed by atoms with Crippen LogP contribution in [0, 0.1) is 5.92 Å². The molecule has 0 aromatic rings. The van der Waals surface area contributed by atoms with E-state index in [1.54, 1.807) is 0 Å². The normalized spacial score (nSPS) is 13.2. The summed E-state index contributed by atoms with van der Waals surface area (Å²) in [5, 5.41) is 61.1. The van der Waals surface area contributed by atoms with E-state index in [2.05, 4.69) is 31.2 Å². The summed E-state index contributed by atoms with van der Waals surface area (Å²) in [4.78, 5) is 41.6. The Kier molecular flexibility index (Phi) is 23.0. The molecule has 38 heavy (non-hydrogen) atoms. The molecule has 220 valence electrons. The molecule has 0 aromatic carbocycles. The lowest BCUT2D eigenvalue weighted by Crippen LogP contribution is -2.42. The minimum Gasteiger partial charge on any atom is -0.481 e. The van der Waals surface area contributed by atoms with Crippen LogP contribution in [0.15, 0.2) is 24.3 Å². The Morgan fingerprint density at radius 3 is 1.68 bits per heavy atom. The third kappa shape index (κ3) is 22.4. The number of allylic oxidation sites excluding steroid dienone is 4. The van der Waals surface area contributed by atoms with Gasteiger partial charge in [-0.1, -0.05) is 63.3 Å². The molecule has 0 bridgehead atoms. The summed E-state index contributed by atoms with van der Waals surface area (Å²) < 4.78 is 0. The zero-order valence-electron chi connectivity index (χ0n) is 22.3. The Morgan fingerprint density at radius 2 is 1.26 bits per heavy atom. The molecule has 0 aliphatic heterocycles. The molecule has 11 heteroatoms. The minimum atomic E-state index is -2.74. The molecule has 0 heterocycles. The van der Waals surface area contributed by atoms with Crippen LogP contribution in [0.25, 0.3) is 0 Å². The fourth-order valence-electron chi connectivity index (χ4n) is 3.48. The molecule has 0 aliphatic carbocycles. The number of aliphatic carboxylic acids is 4. The predicted octanol–water partition coefficient (Wildman–Crippen LogP) is 3.61. The van der Waals surface area contributed by atoms with Crippen LogP contribution in [-0.2, 0) is 19.2 Å². The van der Waals surface area contributed by atoms with Gasteiger partial charge in [0.1, 0.15) is 0 Å². The number of unbranched alkanes of at least 4 members (excludes halogenated alkanes) is 7. The Hall–Kier alpha value is -2.76. The molecule has 2 atom stereocenters. The lowest BCUT2D eigenvalue weighted by Gasteiger charge is -2.18. The SMILES string of the molecule is CCCCC/C=C\C/C=C\CCCCCCC(CC(O)CO)C(=O)O.O=C(O)CC(O)(CC(=O)O)C(=O)O. The molecule has 2 unspecified atom stereocenters. The molecule has 0 radical (unpaired) electrons. The highest BCUT2D eigenvalue weighted by molar-refractivity contribution is 5.88. The molecule has 11 nitrogen and oxygen atoms in total. The maximum absolute atomic E-state index is 11.1. The van der Waals surface area contributed by atoms with Crippen LogP contribution in [-0.4, -0.2) is 77.9 Å². The molecule has 0 amide bonds. The van der Waals surface area contributed by atoms with E-state index in [9.17, 15) is 24.3 Å². The summed E-state index contributed by atoms with van der Waals surface area (Å²) in [7, 11) is 0. The Balaban J connectivity index is 0. The maximum Gasteiger partial charge on any atom is 0.336 e. The van der Waals surface area contributed by atoms with Crippen LogP contribution < -0.4 is 0 Å². The van der Waals surface area contributed by atoms with Crippen molar-refractivity contribution in [3.05, 3.63) is 24.3 Å². The smallest absolute Gasteiger partial charge is 0.336 e. The van der Waals surface area contributed by atoms with Crippen LogP contribution in [0.1, 0.15) is 96.8 Å². The van der Waals surface area contributed by atoms with E-state index in [1.807, 2.05) is 0 Å². The van der Waals surface area contributed by atoms with Gasteiger partial charge in [0.25, 0.3) is 0 Å². The van der Waals surface area contributed by atoms with Gasteiger partial charge in [-0.15, -0.1) is 0 Å². The quantitative estimate of drug-likeness (QED) is 0.0770. The Labute approximate surface area is 224 Å². The van der Waals surface area contributed by atoms with Crippen molar-refractivity contribution >= 4 is 23.9 Å². The fourth-order valence-corrected chi connectivity index (χ4v) is 3.48. The van der Waals surface area contributed by atoms with Crippen LogP contribution in [0.3, 0.4) is 0 Å². The molecule has 0 rings (SSSR count). The van der Waals surface area contributed by atoms with Crippen LogP contribution >= 0.6 is 0 Å². The Bertz CT molecular complexity index is 715. The van der Waals surface area contributed by atoms with Crippen LogP contribution in [0.2, 0.25) is 0 Å². The van der Waals surface area contributed by atoms with Gasteiger partial charge < -0.3 is 35.7 Å². The number of hydrogen-bond donors (Lipinski definition) is 7. The summed E-state index contributed by atoms with van der Waals surface area (Å²) in [6.07, 6.45) is 17.7. The van der Waals surface area contributed by atoms with Gasteiger partial charge in [-0.25, -0.2) is 4.79 Å². The van der Waals surface area contributed by atoms with Gasteiger partial charge in [-0.3, -0.25) is 14.4 Å². The molecule has 0 fully saturated rings. The average molecular weight is 547 g/mol. The zero-order valence-corrected chi connectivity index (χ0v) is 22.3. The second kappa shape index (κ2) is 23.4. The lowest BCUT2D eigenvalue weighted by molar-refractivity contribution is -0.170. The Morgan fingerprint density at radius 1 is 0.763 bits per heavy atom. The third-order valence-corrected chi connectivity index (χ3v) is 5.66. The van der Waals surface area contributed by atoms with Gasteiger partial charge in [0, 0.05) is 0 Å². The van der Waals surface area contributed by atoms with Gasteiger partial charge in [-0.05, 0) is 44.9 Å². The van der Waals surface area contributed by atoms with E-state index < -0.39 is 54.3 Å². The van der Waals surface area contributed by atoms with E-state index in [0.29, 0.717) is 6.42 Å². The average Bonchev–Trinajstić information content (AvgIpc) is 2.82. The van der Waals surface area contributed by atoms with Crippen molar-refractivity contribution in [3.8, 4) is 0 Å². The summed E-state index contributed by atoms with van der Waals surface area (Å²) in [5.41, 5.74) is -2.74. The number of hydrogen-bond acceptors (Lipinski definition) is 7. The highest BCUT2D eigenvalue weighted by atomic mass is 16.4. The van der Waals surface area contributed by atoms with Gasteiger partial charge in [0.2, 0.25) is 0 Å². The van der Waals surface area contributed by atoms with Gasteiger partial charge in [0.05, 0.1) is 31.5 Å². The maximum atomic E-state index is 11.1. The van der Waals surface area contributed by atoms with Crippen molar-refractivity contribution in [2.24, 2.45) is 5.92 Å². The van der Waals surface area contributed by atoms with Gasteiger partial charge in [-0.2, -0.15) is 0 Å². The second-order valence-electron chi connectivity index (χ2n) is 9.25. The van der Waals surface area contributed by atoms with E-state index in [0.717, 1.165) is 38.5 Å². The fraction of sp³-hybridized carbons (Fsp3) is 0.704. The predicted molar refractivity (Wildman–Crippen MR) is 141 cm³/mol. The number of aliphatic hydroxyl groups is 3. The molecule has 0 saturated heterocycles. The van der Waals surface area contributed by atoms with Crippen molar-refractivity contribution in [2.75, 3.05) is 6.61 Å². The first-order chi connectivity index (χ1) is 17.9. The van der Waals surface area contributed by atoms with E-state index in [1.165, 1.54) is 25.7 Å². The van der Waals surface area contributed by atoms with E-state index in [-0.39, 0.29) is 13.0 Å². The van der Waals surface area contributed by atoms with Crippen LogP contribution in [0.5, 0.6) is 0 Å². The number of carboxylic acids is 4. The zero-order chi connectivity index (χ0) is 29.4. The summed E-state index contributed by atoms with van der Waals surface area (Å²) >= 11 is 0. The van der Waals surface area contributed by atoms with E-state index >= 15 is 0 Å². The first kappa shape index (κ1) is 37.4. The number of aliphatic hydroxyl groups excluding tert-OH is 2. The molecule has 7 N–H and O–H groups in total. The third-order valence-electron chi connectivity index (χ3n) is 5.66. The van der Waals surface area contributed by atoms with Crippen molar-refractivity contribution in [1.82, 2.24) is 0 Å². The first-order valence-electron chi connectivity index (χ1n) is 13.1. The molecule has 0 saturated carbocycles. The number of carbonyl (C=O) groups is 4. The number of carboxylic acid groups (broad SMARTS) is 4. The standard InChI is InChI=1S/C21H38O4.C6H8O7/c1-2-3-4-5-6-7-8-9-10-11-12-13-14-15-16-19(21(24)25)17-20(23)18-22;7-3(8)1-6(13,5(11)12)2-4(9)10/h6-7,9-10,19-20,22-23H,2-5,8,11-18H2,1H3,(H,24,25);13H,1-2H2,(H,7,8)(H,9,10)(H,11,12)/b7-6-,10-9-;. The van der Waals surface area contributed by atoms with Crippen molar-refractivity contribution in [3.63, 3.8) is 0 Å². The molecule has 0 aliphatic rings. The van der Waals surface area contributed by atoms with Crippen molar-refractivity contribution in [2.45, 2.75) is 109 Å². The summed E-state index contributed by atoms with van der Waals surface area (Å²) in [5.74, 6) is -6.45. The van der Waals surface area contributed by atoms with Gasteiger partial charge in [0.15, 0.2) is 5.60 Å². The minimum absolute atomic E-state index is 0.139. The second-order valence-corrected chi connectivity index (χ2v) is 9.25. The van der Waals surface area contributed by atoms with Gasteiger partial charge >= 0.3 is 23.9 Å². The van der Waals surface area contributed by atoms with Crippen molar-refractivity contribution in [1.29, 1.82) is 0 Å². The summed E-state index contributed by atoms with van der Waals surface area (Å²) in [6.45, 7) is 1.85. The lowest BCUT2D eigenvalue weighted by atomic mass is 9.95. The molecule has 0 aromatic heterocycles. The molecule has 0 spiro atoms. The highest BCUT2D eigenvalue weighted by Gasteiger charge is 2.40. The largest absolute Gasteiger partial charge is 0.481 e. The highest BCUT2D eigenvalue weighted by Crippen LogP contribution is 2.18. The molecular formula is C27H46O11. The monoisotopic (exact) mass is 546 g/mol. The van der Waals surface area contributed by atoms with Crippen LogP contribution in [0.4, 0.5) is 0 Å². The molecular weight excluding hydrogens is 500 g/mol. The van der Waals surface area contributed by atoms with Crippen molar-refractivity contribution < 1.29 is 54.9 Å². The first-order valence-corrected chi connectivity index (χ1v) is 13.1. The van der Waals surface area contributed by atoms with E-state index in [4.69, 9.17) is 30.6 Å². The number of rotatable bonds is 22.